The van der Waals surface area contributed by atoms with Crippen LogP contribution in [0.25, 0.3) is 0 Å². The number of hydrogen-bond donors (Lipinski definition) is 1. The Hall–Kier alpha value is -0.0900. The molecule has 4 heteroatoms. The summed E-state index contributed by atoms with van der Waals surface area (Å²) in [5.41, 5.74) is 0. The molecule has 0 bridgehead atoms. The van der Waals surface area contributed by atoms with Gasteiger partial charge in [0.25, 0.3) is 0 Å². The van der Waals surface area contributed by atoms with Crippen molar-refractivity contribution in [3.8, 4) is 0 Å². The number of fused-ring (bicyclic) bond motifs is 1. The molecule has 1 saturated carbocycles. The van der Waals surface area contributed by atoms with Gasteiger partial charge >= 0.3 is 0 Å². The molecule has 16 heavy (non-hydrogen) atoms. The third-order valence-electron chi connectivity index (χ3n) is 4.00. The highest BCUT2D eigenvalue weighted by molar-refractivity contribution is 7.92. The minimum Gasteiger partial charge on any atom is -0.310 e. The van der Waals surface area contributed by atoms with E-state index < -0.39 is 9.84 Å². The van der Waals surface area contributed by atoms with Gasteiger partial charge in [-0.15, -0.1) is 0 Å². The first-order valence-electron chi connectivity index (χ1n) is 6.57. The Labute approximate surface area is 98.9 Å². The molecule has 0 aromatic heterocycles. The van der Waals surface area contributed by atoms with Crippen LogP contribution in [0.5, 0.6) is 0 Å². The van der Waals surface area contributed by atoms with Crippen molar-refractivity contribution in [3.63, 3.8) is 0 Å². The second-order valence-corrected chi connectivity index (χ2v) is 7.70. The number of rotatable bonds is 0. The van der Waals surface area contributed by atoms with Crippen molar-refractivity contribution in [2.75, 3.05) is 5.75 Å². The summed E-state index contributed by atoms with van der Waals surface area (Å²) in [5.74, 6) is 0.377. The minimum atomic E-state index is -2.86. The van der Waals surface area contributed by atoms with Gasteiger partial charge < -0.3 is 5.32 Å². The summed E-state index contributed by atoms with van der Waals surface area (Å²) in [4.78, 5) is 0. The van der Waals surface area contributed by atoms with E-state index in [1.807, 2.05) is 0 Å². The van der Waals surface area contributed by atoms with E-state index in [4.69, 9.17) is 0 Å². The molecule has 1 aliphatic carbocycles. The van der Waals surface area contributed by atoms with E-state index >= 15 is 0 Å². The van der Waals surface area contributed by atoms with Crippen molar-refractivity contribution >= 4 is 9.84 Å². The lowest BCUT2D eigenvalue weighted by molar-refractivity contribution is 0.366. The summed E-state index contributed by atoms with van der Waals surface area (Å²) < 4.78 is 24.4. The monoisotopic (exact) mass is 245 g/mol. The Morgan fingerprint density at radius 3 is 2.44 bits per heavy atom. The molecular weight excluding hydrogens is 222 g/mol. The molecular formula is C12H23NO2S. The van der Waals surface area contributed by atoms with Crippen LogP contribution in [0.15, 0.2) is 0 Å². The zero-order valence-corrected chi connectivity index (χ0v) is 10.9. The van der Waals surface area contributed by atoms with E-state index in [0.717, 1.165) is 25.7 Å². The van der Waals surface area contributed by atoms with Gasteiger partial charge in [-0.25, -0.2) is 8.42 Å². The van der Waals surface area contributed by atoms with Crippen LogP contribution in [0.2, 0.25) is 0 Å². The van der Waals surface area contributed by atoms with Crippen molar-refractivity contribution in [1.82, 2.24) is 5.32 Å². The average molecular weight is 245 g/mol. The Kier molecular flexibility index (Phi) is 3.90. The number of hydrogen-bond acceptors (Lipinski definition) is 3. The highest BCUT2D eigenvalue weighted by Gasteiger charge is 2.36. The smallest absolute Gasteiger partial charge is 0.154 e. The molecule has 3 atom stereocenters. The van der Waals surface area contributed by atoms with Gasteiger partial charge in [-0.05, 0) is 26.2 Å². The Bertz CT molecular complexity index is 326. The van der Waals surface area contributed by atoms with Gasteiger partial charge in [0.05, 0.1) is 11.0 Å². The van der Waals surface area contributed by atoms with Crippen LogP contribution in [-0.2, 0) is 9.84 Å². The Morgan fingerprint density at radius 2 is 1.69 bits per heavy atom. The van der Waals surface area contributed by atoms with E-state index in [0.29, 0.717) is 11.8 Å². The van der Waals surface area contributed by atoms with Crippen LogP contribution in [0.4, 0.5) is 0 Å². The summed E-state index contributed by atoms with van der Waals surface area (Å²) in [6, 6.07) is 0.562. The molecule has 0 aromatic carbocycles. The zero-order valence-electron chi connectivity index (χ0n) is 10.1. The summed E-state index contributed by atoms with van der Waals surface area (Å²) >= 11 is 0. The molecule has 1 saturated heterocycles. The van der Waals surface area contributed by atoms with E-state index in [-0.39, 0.29) is 11.3 Å². The maximum Gasteiger partial charge on any atom is 0.154 e. The molecule has 94 valence electrons. The molecule has 0 amide bonds. The average Bonchev–Trinajstić information content (AvgIpc) is 2.27. The first-order chi connectivity index (χ1) is 7.59. The van der Waals surface area contributed by atoms with Gasteiger partial charge in [-0.1, -0.05) is 25.7 Å². The fraction of sp³-hybridized carbons (Fsp3) is 1.00. The molecule has 0 spiro atoms. The van der Waals surface area contributed by atoms with E-state index in [1.165, 1.54) is 19.3 Å². The normalized spacial score (nSPS) is 40.2. The third-order valence-corrected chi connectivity index (χ3v) is 6.29. The summed E-state index contributed by atoms with van der Waals surface area (Å²) in [6.45, 7) is 2.11. The van der Waals surface area contributed by atoms with Crippen LogP contribution in [0, 0.1) is 0 Å². The predicted molar refractivity (Wildman–Crippen MR) is 66.3 cm³/mol. The van der Waals surface area contributed by atoms with E-state index in [9.17, 15) is 8.42 Å². The SMILES string of the molecule is CC1CCS(=O)(=O)C2CCCCCCC2N1. The first kappa shape index (κ1) is 12.4. The van der Waals surface area contributed by atoms with Crippen molar-refractivity contribution in [2.45, 2.75) is 69.2 Å². The summed E-state index contributed by atoms with van der Waals surface area (Å²) in [7, 11) is -2.86. The summed E-state index contributed by atoms with van der Waals surface area (Å²) in [5, 5.41) is 3.41. The largest absolute Gasteiger partial charge is 0.310 e. The van der Waals surface area contributed by atoms with Gasteiger partial charge in [-0.3, -0.25) is 0 Å². The Balaban J connectivity index is 2.20. The van der Waals surface area contributed by atoms with Gasteiger partial charge in [0.1, 0.15) is 0 Å². The van der Waals surface area contributed by atoms with Crippen molar-refractivity contribution < 1.29 is 8.42 Å². The number of sulfone groups is 1. The van der Waals surface area contributed by atoms with Gasteiger partial charge in [-0.2, -0.15) is 0 Å². The fourth-order valence-electron chi connectivity index (χ4n) is 3.01. The van der Waals surface area contributed by atoms with Crippen molar-refractivity contribution in [3.05, 3.63) is 0 Å². The quantitative estimate of drug-likeness (QED) is 0.709. The molecule has 1 aliphatic heterocycles. The third kappa shape index (κ3) is 2.77. The molecule has 1 N–H and O–H groups in total. The standard InChI is InChI=1S/C12H23NO2S/c1-10-8-9-16(14,15)12-7-5-3-2-4-6-11(12)13-10/h10-13H,2-9H2,1H3. The topological polar surface area (TPSA) is 46.2 Å². The van der Waals surface area contributed by atoms with Gasteiger partial charge in [0, 0.05) is 12.1 Å². The minimum absolute atomic E-state index is 0.113. The van der Waals surface area contributed by atoms with Crippen LogP contribution in [0.1, 0.15) is 51.9 Å². The second-order valence-electron chi connectivity index (χ2n) is 5.36. The summed E-state index contributed by atoms with van der Waals surface area (Å²) in [6.07, 6.45) is 7.40. The van der Waals surface area contributed by atoms with Crippen LogP contribution >= 0.6 is 0 Å². The van der Waals surface area contributed by atoms with Crippen LogP contribution < -0.4 is 5.32 Å². The number of nitrogens with one attached hydrogen (secondary N) is 1. The second kappa shape index (κ2) is 5.05. The molecule has 0 radical (unpaired) electrons. The van der Waals surface area contributed by atoms with Gasteiger partial charge in [0.2, 0.25) is 0 Å². The van der Waals surface area contributed by atoms with Crippen molar-refractivity contribution in [2.24, 2.45) is 0 Å². The lowest BCUT2D eigenvalue weighted by Crippen LogP contribution is -2.45. The molecule has 2 aliphatic rings. The molecule has 0 aromatic rings. The Morgan fingerprint density at radius 1 is 1.00 bits per heavy atom. The molecule has 2 rings (SSSR count). The molecule has 1 heterocycles. The highest BCUT2D eigenvalue weighted by atomic mass is 32.2. The first-order valence-corrected chi connectivity index (χ1v) is 8.29. The van der Waals surface area contributed by atoms with Crippen LogP contribution in [-0.4, -0.2) is 31.5 Å². The van der Waals surface area contributed by atoms with Crippen molar-refractivity contribution in [1.29, 1.82) is 0 Å². The van der Waals surface area contributed by atoms with Crippen LogP contribution in [0.3, 0.4) is 0 Å². The maximum absolute atomic E-state index is 12.2. The van der Waals surface area contributed by atoms with E-state index in [1.54, 1.807) is 0 Å². The fourth-order valence-corrected chi connectivity index (χ4v) is 5.24. The zero-order chi connectivity index (χ0) is 11.6. The molecule has 3 unspecified atom stereocenters. The van der Waals surface area contributed by atoms with E-state index in [2.05, 4.69) is 12.2 Å². The molecule has 2 fully saturated rings. The molecule has 3 nitrogen and oxygen atoms in total. The maximum atomic E-state index is 12.2. The lowest BCUT2D eigenvalue weighted by Gasteiger charge is -2.28. The predicted octanol–water partition coefficient (Wildman–Crippen LogP) is 1.87. The lowest BCUT2D eigenvalue weighted by atomic mass is 9.95. The highest BCUT2D eigenvalue weighted by Crippen LogP contribution is 2.26. The van der Waals surface area contributed by atoms with Gasteiger partial charge in [0.15, 0.2) is 9.84 Å².